The number of carbonyl (C=O) groups is 2. The van der Waals surface area contributed by atoms with Crippen LogP contribution in [0.1, 0.15) is 39.0 Å². The van der Waals surface area contributed by atoms with Gasteiger partial charge in [-0.05, 0) is 61.0 Å². The molecule has 0 spiro atoms. The Bertz CT molecular complexity index is 576. The van der Waals surface area contributed by atoms with Gasteiger partial charge in [-0.3, -0.25) is 9.59 Å². The Labute approximate surface area is 124 Å². The molecular formula is C18H21FO2. The molecule has 4 rings (SSSR count). The van der Waals surface area contributed by atoms with E-state index < -0.39 is 6.17 Å². The van der Waals surface area contributed by atoms with E-state index in [2.05, 4.69) is 13.0 Å². The van der Waals surface area contributed by atoms with Crippen LogP contribution in [0.25, 0.3) is 0 Å². The number of hydrogen-bond acceptors (Lipinski definition) is 2. The molecule has 0 amide bonds. The van der Waals surface area contributed by atoms with Gasteiger partial charge in [-0.1, -0.05) is 19.1 Å². The molecule has 0 aromatic heterocycles. The van der Waals surface area contributed by atoms with Crippen molar-refractivity contribution < 1.29 is 14.0 Å². The Kier molecular flexibility index (Phi) is 2.79. The molecule has 1 unspecified atom stereocenters. The summed E-state index contributed by atoms with van der Waals surface area (Å²) in [5.41, 5.74) is 0.856. The monoisotopic (exact) mass is 288 g/mol. The van der Waals surface area contributed by atoms with Crippen molar-refractivity contribution in [3.63, 3.8) is 0 Å². The standard InChI is InChI=1S/C18H21FO2/c1-18-7-6-11-12(14(18)4-5-17(18)21)3-2-10-8-16(20)15(19)9-13(10)11/h2-3,8,11-15H,4-7,9H2,1H3/t11-,12+,13-,14-,15?,18-/m0/s1. The fourth-order valence-corrected chi connectivity index (χ4v) is 5.40. The minimum atomic E-state index is -1.33. The van der Waals surface area contributed by atoms with Crippen molar-refractivity contribution in [3.05, 3.63) is 23.8 Å². The van der Waals surface area contributed by atoms with Crippen molar-refractivity contribution in [2.75, 3.05) is 0 Å². The highest BCUT2D eigenvalue weighted by Crippen LogP contribution is 2.58. The van der Waals surface area contributed by atoms with Crippen LogP contribution in [0.3, 0.4) is 0 Å². The molecule has 4 aliphatic carbocycles. The second kappa shape index (κ2) is 4.37. The Hall–Kier alpha value is -1.25. The minimum absolute atomic E-state index is 0.160. The second-order valence-corrected chi connectivity index (χ2v) is 7.48. The van der Waals surface area contributed by atoms with Gasteiger partial charge in [0.15, 0.2) is 12.0 Å². The van der Waals surface area contributed by atoms with Gasteiger partial charge in [-0.25, -0.2) is 4.39 Å². The predicted octanol–water partition coefficient (Wildman–Crippen LogP) is 3.42. The van der Waals surface area contributed by atoms with E-state index in [1.165, 1.54) is 6.08 Å². The van der Waals surface area contributed by atoms with Crippen molar-refractivity contribution in [2.24, 2.45) is 29.1 Å². The van der Waals surface area contributed by atoms with Crippen molar-refractivity contribution in [1.29, 1.82) is 0 Å². The number of Topliss-reactive ketones (excluding diaryl/α,β-unsaturated/α-hetero) is 1. The van der Waals surface area contributed by atoms with Crippen molar-refractivity contribution in [1.82, 2.24) is 0 Å². The lowest BCUT2D eigenvalue weighted by Gasteiger charge is -2.49. The summed E-state index contributed by atoms with van der Waals surface area (Å²) in [5, 5.41) is 0. The number of halogens is 1. The van der Waals surface area contributed by atoms with E-state index in [0.717, 1.165) is 24.8 Å². The van der Waals surface area contributed by atoms with E-state index >= 15 is 0 Å². The Morgan fingerprint density at radius 2 is 2.10 bits per heavy atom. The molecule has 0 aliphatic heterocycles. The molecule has 2 saturated carbocycles. The van der Waals surface area contributed by atoms with E-state index in [1.54, 1.807) is 0 Å². The Morgan fingerprint density at radius 1 is 1.29 bits per heavy atom. The highest BCUT2D eigenvalue weighted by molar-refractivity contribution is 5.95. The zero-order chi connectivity index (χ0) is 14.8. The van der Waals surface area contributed by atoms with Crippen LogP contribution in [-0.4, -0.2) is 17.7 Å². The molecule has 2 nitrogen and oxygen atoms in total. The lowest BCUT2D eigenvalue weighted by atomic mass is 9.54. The van der Waals surface area contributed by atoms with E-state index in [1.807, 2.05) is 6.08 Å². The number of carbonyl (C=O) groups excluding carboxylic acids is 2. The van der Waals surface area contributed by atoms with Crippen LogP contribution in [0.5, 0.6) is 0 Å². The van der Waals surface area contributed by atoms with Gasteiger partial charge < -0.3 is 0 Å². The molecule has 4 aliphatic rings. The van der Waals surface area contributed by atoms with Crippen molar-refractivity contribution >= 4 is 11.6 Å². The first-order valence-corrected chi connectivity index (χ1v) is 8.12. The molecule has 0 saturated heterocycles. The third-order valence-electron chi connectivity index (χ3n) is 6.63. The smallest absolute Gasteiger partial charge is 0.190 e. The van der Waals surface area contributed by atoms with Gasteiger partial charge in [-0.2, -0.15) is 0 Å². The van der Waals surface area contributed by atoms with Gasteiger partial charge in [0.25, 0.3) is 0 Å². The fourth-order valence-electron chi connectivity index (χ4n) is 5.40. The molecule has 21 heavy (non-hydrogen) atoms. The molecule has 0 radical (unpaired) electrons. The first-order chi connectivity index (χ1) is 10.0. The minimum Gasteiger partial charge on any atom is -0.299 e. The normalized spacial score (nSPS) is 48.5. The summed E-state index contributed by atoms with van der Waals surface area (Å²) >= 11 is 0. The Morgan fingerprint density at radius 3 is 2.90 bits per heavy atom. The summed E-state index contributed by atoms with van der Waals surface area (Å²) in [4.78, 5) is 23.8. The third kappa shape index (κ3) is 1.75. The maximum absolute atomic E-state index is 13.8. The molecule has 0 aromatic carbocycles. The largest absolute Gasteiger partial charge is 0.299 e. The SMILES string of the molecule is C[C@]12CC[C@H]3[C@@H](C=CC4=CC(=O)C(F)C[C@@H]43)[C@@H]1CCC2=O. The van der Waals surface area contributed by atoms with Crippen LogP contribution < -0.4 is 0 Å². The van der Waals surface area contributed by atoms with Crippen LogP contribution in [0.4, 0.5) is 4.39 Å². The number of fused-ring (bicyclic) bond motifs is 5. The maximum Gasteiger partial charge on any atom is 0.190 e. The molecule has 6 atom stereocenters. The molecule has 2 fully saturated rings. The first-order valence-electron chi connectivity index (χ1n) is 8.12. The summed E-state index contributed by atoms with van der Waals surface area (Å²) in [6, 6.07) is 0. The molecule has 0 heterocycles. The number of ketones is 2. The summed E-state index contributed by atoms with van der Waals surface area (Å²) in [6.07, 6.45) is 8.36. The van der Waals surface area contributed by atoms with Crippen LogP contribution in [0.15, 0.2) is 23.8 Å². The zero-order valence-electron chi connectivity index (χ0n) is 12.3. The topological polar surface area (TPSA) is 34.1 Å². The van der Waals surface area contributed by atoms with Crippen LogP contribution in [0.2, 0.25) is 0 Å². The molecule has 0 N–H and O–H groups in total. The number of hydrogen-bond donors (Lipinski definition) is 0. The molecule has 0 bridgehead atoms. The Balaban J connectivity index is 1.71. The van der Waals surface area contributed by atoms with E-state index in [9.17, 15) is 14.0 Å². The van der Waals surface area contributed by atoms with E-state index in [0.29, 0.717) is 36.4 Å². The van der Waals surface area contributed by atoms with Gasteiger partial charge in [-0.15, -0.1) is 0 Å². The van der Waals surface area contributed by atoms with Crippen LogP contribution in [0, 0.1) is 29.1 Å². The van der Waals surface area contributed by atoms with Crippen LogP contribution >= 0.6 is 0 Å². The van der Waals surface area contributed by atoms with Crippen LogP contribution in [-0.2, 0) is 9.59 Å². The molecule has 0 aromatic rings. The average molecular weight is 288 g/mol. The van der Waals surface area contributed by atoms with Gasteiger partial charge in [0.2, 0.25) is 0 Å². The number of allylic oxidation sites excluding steroid dienone is 4. The number of rotatable bonds is 0. The predicted molar refractivity (Wildman–Crippen MR) is 77.3 cm³/mol. The maximum atomic E-state index is 13.8. The average Bonchev–Trinajstić information content (AvgIpc) is 2.76. The highest BCUT2D eigenvalue weighted by atomic mass is 19.1. The molecule has 3 heteroatoms. The lowest BCUT2D eigenvalue weighted by molar-refractivity contribution is -0.129. The summed E-state index contributed by atoms with van der Waals surface area (Å²) in [7, 11) is 0. The summed E-state index contributed by atoms with van der Waals surface area (Å²) in [5.74, 6) is 1.43. The summed E-state index contributed by atoms with van der Waals surface area (Å²) < 4.78 is 13.8. The third-order valence-corrected chi connectivity index (χ3v) is 6.63. The summed E-state index contributed by atoms with van der Waals surface area (Å²) in [6.45, 7) is 2.13. The first kappa shape index (κ1) is 13.4. The van der Waals surface area contributed by atoms with Gasteiger partial charge in [0.05, 0.1) is 0 Å². The fraction of sp³-hybridized carbons (Fsp3) is 0.667. The molecular weight excluding hydrogens is 267 g/mol. The quantitative estimate of drug-likeness (QED) is 0.684. The zero-order valence-corrected chi connectivity index (χ0v) is 12.3. The second-order valence-electron chi connectivity index (χ2n) is 7.48. The molecule has 112 valence electrons. The highest BCUT2D eigenvalue weighted by Gasteiger charge is 2.55. The number of alkyl halides is 1. The van der Waals surface area contributed by atoms with E-state index in [4.69, 9.17) is 0 Å². The lowest BCUT2D eigenvalue weighted by Crippen LogP contribution is -2.46. The van der Waals surface area contributed by atoms with E-state index in [-0.39, 0.29) is 17.1 Å². The van der Waals surface area contributed by atoms with Crippen molar-refractivity contribution in [2.45, 2.75) is 45.2 Å². The van der Waals surface area contributed by atoms with Crippen molar-refractivity contribution in [3.8, 4) is 0 Å². The van der Waals surface area contributed by atoms with Gasteiger partial charge >= 0.3 is 0 Å². The van der Waals surface area contributed by atoms with Gasteiger partial charge in [0.1, 0.15) is 5.78 Å². The van der Waals surface area contributed by atoms with Gasteiger partial charge in [0, 0.05) is 11.8 Å².